The molecule has 2 amide bonds. The largest absolute Gasteiger partial charge is 0.342 e. The van der Waals surface area contributed by atoms with Gasteiger partial charge in [0.15, 0.2) is 0 Å². The number of halogens is 1. The Bertz CT molecular complexity index is 469. The highest BCUT2D eigenvalue weighted by Gasteiger charge is 2.41. The second kappa shape index (κ2) is 8.72. The van der Waals surface area contributed by atoms with Gasteiger partial charge in [0, 0.05) is 37.6 Å². The van der Waals surface area contributed by atoms with Crippen molar-refractivity contribution in [1.82, 2.24) is 9.80 Å². The Hall–Kier alpha value is -0.810. The fourth-order valence-corrected chi connectivity index (χ4v) is 4.70. The predicted molar refractivity (Wildman–Crippen MR) is 102 cm³/mol. The fraction of sp³-hybridized carbons (Fsp3) is 0.895. The zero-order valence-corrected chi connectivity index (χ0v) is 16.4. The molecular formula is C19H34ClN3O2. The number of rotatable bonds is 2. The van der Waals surface area contributed by atoms with E-state index in [-0.39, 0.29) is 35.7 Å². The van der Waals surface area contributed by atoms with Gasteiger partial charge in [0.05, 0.1) is 5.92 Å². The highest BCUT2D eigenvalue weighted by molar-refractivity contribution is 5.85. The van der Waals surface area contributed by atoms with E-state index in [1.807, 2.05) is 16.7 Å². The molecule has 0 aromatic rings. The van der Waals surface area contributed by atoms with Crippen molar-refractivity contribution in [3.63, 3.8) is 0 Å². The summed E-state index contributed by atoms with van der Waals surface area (Å²) < 4.78 is 0. The van der Waals surface area contributed by atoms with Crippen LogP contribution in [0.15, 0.2) is 0 Å². The van der Waals surface area contributed by atoms with Crippen molar-refractivity contribution in [3.8, 4) is 0 Å². The molecule has 0 aromatic carbocycles. The van der Waals surface area contributed by atoms with Crippen LogP contribution >= 0.6 is 12.4 Å². The van der Waals surface area contributed by atoms with E-state index < -0.39 is 0 Å². The van der Waals surface area contributed by atoms with Crippen molar-refractivity contribution < 1.29 is 9.59 Å². The summed E-state index contributed by atoms with van der Waals surface area (Å²) in [6.45, 7) is 5.31. The summed E-state index contributed by atoms with van der Waals surface area (Å²) in [6, 6.07) is 0. The van der Waals surface area contributed by atoms with E-state index in [9.17, 15) is 9.59 Å². The zero-order chi connectivity index (χ0) is 17.2. The lowest BCUT2D eigenvalue weighted by Gasteiger charge is -2.42. The summed E-state index contributed by atoms with van der Waals surface area (Å²) >= 11 is 0. The molecule has 0 aromatic heterocycles. The average Bonchev–Trinajstić information content (AvgIpc) is 2.61. The standard InChI is InChI=1S/C19H33N3O2.ClH/c1-19(20)10-4-3-7-16(19)18(24)22-13-8-15(9-14-22)17(23)21-11-5-2-6-12-21;/h15-16H,2-14,20H2,1H3;1H. The molecule has 2 unspecified atom stereocenters. The van der Waals surface area contributed by atoms with Crippen LogP contribution in [0.25, 0.3) is 0 Å². The Morgan fingerprint density at radius 3 is 2.04 bits per heavy atom. The van der Waals surface area contributed by atoms with Crippen molar-refractivity contribution in [2.24, 2.45) is 17.6 Å². The SMILES string of the molecule is CC1(N)CCCCC1C(=O)N1CCC(C(=O)N2CCCCC2)CC1.Cl. The Balaban J connectivity index is 0.00000225. The first-order valence-corrected chi connectivity index (χ1v) is 9.85. The number of hydrogen-bond acceptors (Lipinski definition) is 3. The fourth-order valence-electron chi connectivity index (χ4n) is 4.70. The lowest BCUT2D eigenvalue weighted by Crippen LogP contribution is -2.55. The van der Waals surface area contributed by atoms with Crippen molar-refractivity contribution in [3.05, 3.63) is 0 Å². The van der Waals surface area contributed by atoms with Gasteiger partial charge < -0.3 is 15.5 Å². The van der Waals surface area contributed by atoms with Gasteiger partial charge in [-0.2, -0.15) is 0 Å². The Morgan fingerprint density at radius 2 is 1.44 bits per heavy atom. The molecule has 2 heterocycles. The minimum atomic E-state index is -0.365. The van der Waals surface area contributed by atoms with Gasteiger partial charge in [-0.05, 0) is 51.9 Å². The van der Waals surface area contributed by atoms with Crippen LogP contribution < -0.4 is 5.73 Å². The van der Waals surface area contributed by atoms with Gasteiger partial charge in [-0.15, -0.1) is 12.4 Å². The molecular weight excluding hydrogens is 338 g/mol. The second-order valence-electron chi connectivity index (χ2n) is 8.29. The first-order valence-electron chi connectivity index (χ1n) is 9.85. The first kappa shape index (κ1) is 20.5. The van der Waals surface area contributed by atoms with E-state index in [1.165, 1.54) is 6.42 Å². The van der Waals surface area contributed by atoms with E-state index in [1.54, 1.807) is 0 Å². The molecule has 0 bridgehead atoms. The van der Waals surface area contributed by atoms with Gasteiger partial charge in [0.2, 0.25) is 11.8 Å². The third-order valence-electron chi connectivity index (χ3n) is 6.38. The van der Waals surface area contributed by atoms with Gasteiger partial charge in [0.25, 0.3) is 0 Å². The topological polar surface area (TPSA) is 66.6 Å². The molecule has 6 heteroatoms. The highest BCUT2D eigenvalue weighted by atomic mass is 35.5. The van der Waals surface area contributed by atoms with Crippen LogP contribution in [0.1, 0.15) is 64.7 Å². The van der Waals surface area contributed by atoms with E-state index >= 15 is 0 Å². The highest BCUT2D eigenvalue weighted by Crippen LogP contribution is 2.34. The third-order valence-corrected chi connectivity index (χ3v) is 6.38. The molecule has 25 heavy (non-hydrogen) atoms. The Labute approximate surface area is 158 Å². The monoisotopic (exact) mass is 371 g/mol. The maximum Gasteiger partial charge on any atom is 0.227 e. The molecule has 1 saturated carbocycles. The second-order valence-corrected chi connectivity index (χ2v) is 8.29. The van der Waals surface area contributed by atoms with Crippen LogP contribution in [0.3, 0.4) is 0 Å². The van der Waals surface area contributed by atoms with Crippen LogP contribution in [0.4, 0.5) is 0 Å². The molecule has 1 aliphatic carbocycles. The molecule has 3 rings (SSSR count). The van der Waals surface area contributed by atoms with E-state index in [2.05, 4.69) is 0 Å². The van der Waals surface area contributed by atoms with Crippen molar-refractivity contribution >= 4 is 24.2 Å². The number of nitrogens with zero attached hydrogens (tertiary/aromatic N) is 2. The third kappa shape index (κ3) is 4.68. The van der Waals surface area contributed by atoms with E-state index in [4.69, 9.17) is 5.73 Å². The number of nitrogens with two attached hydrogens (primary N) is 1. The molecule has 144 valence electrons. The summed E-state index contributed by atoms with van der Waals surface area (Å²) in [6.07, 6.45) is 9.24. The summed E-state index contributed by atoms with van der Waals surface area (Å²) in [4.78, 5) is 29.6. The van der Waals surface area contributed by atoms with Crippen LogP contribution in [0, 0.1) is 11.8 Å². The van der Waals surface area contributed by atoms with E-state index in [0.29, 0.717) is 5.91 Å². The number of likely N-dealkylation sites (tertiary alicyclic amines) is 2. The summed E-state index contributed by atoms with van der Waals surface area (Å²) in [5, 5.41) is 0. The maximum absolute atomic E-state index is 12.9. The predicted octanol–water partition coefficient (Wildman–Crippen LogP) is 2.57. The lowest BCUT2D eigenvalue weighted by atomic mass is 9.73. The average molecular weight is 372 g/mol. The minimum Gasteiger partial charge on any atom is -0.342 e. The Morgan fingerprint density at radius 1 is 0.840 bits per heavy atom. The number of carbonyl (C=O) groups excluding carboxylic acids is 2. The first-order chi connectivity index (χ1) is 11.5. The molecule has 0 radical (unpaired) electrons. The molecule has 3 fully saturated rings. The summed E-state index contributed by atoms with van der Waals surface area (Å²) in [5.74, 6) is 0.620. The number of hydrogen-bond donors (Lipinski definition) is 1. The van der Waals surface area contributed by atoms with Crippen LogP contribution in [0.5, 0.6) is 0 Å². The summed E-state index contributed by atoms with van der Waals surface area (Å²) in [5.41, 5.74) is 6.03. The van der Waals surface area contributed by atoms with Crippen LogP contribution in [-0.2, 0) is 9.59 Å². The van der Waals surface area contributed by atoms with Crippen molar-refractivity contribution in [1.29, 1.82) is 0 Å². The molecule has 2 N–H and O–H groups in total. The molecule has 0 spiro atoms. The zero-order valence-electron chi connectivity index (χ0n) is 15.5. The van der Waals surface area contributed by atoms with Crippen molar-refractivity contribution in [2.75, 3.05) is 26.2 Å². The number of amides is 2. The van der Waals surface area contributed by atoms with Crippen LogP contribution in [-0.4, -0.2) is 53.3 Å². The number of piperidine rings is 2. The van der Waals surface area contributed by atoms with Gasteiger partial charge >= 0.3 is 0 Å². The van der Waals surface area contributed by atoms with Crippen molar-refractivity contribution in [2.45, 2.75) is 70.3 Å². The van der Waals surface area contributed by atoms with Gasteiger partial charge in [0.1, 0.15) is 0 Å². The quantitative estimate of drug-likeness (QED) is 0.811. The molecule has 2 aliphatic heterocycles. The van der Waals surface area contributed by atoms with E-state index in [0.717, 1.165) is 77.5 Å². The van der Waals surface area contributed by atoms with Crippen LogP contribution in [0.2, 0.25) is 0 Å². The lowest BCUT2D eigenvalue weighted by molar-refractivity contribution is -0.145. The Kier molecular flexibility index (Phi) is 7.15. The smallest absolute Gasteiger partial charge is 0.227 e. The van der Waals surface area contributed by atoms with Gasteiger partial charge in [-0.25, -0.2) is 0 Å². The summed E-state index contributed by atoms with van der Waals surface area (Å²) in [7, 11) is 0. The molecule has 5 nitrogen and oxygen atoms in total. The number of carbonyl (C=O) groups is 2. The maximum atomic E-state index is 12.9. The normalized spacial score (nSPS) is 31.4. The van der Waals surface area contributed by atoms with Gasteiger partial charge in [-0.1, -0.05) is 12.8 Å². The minimum absolute atomic E-state index is 0. The van der Waals surface area contributed by atoms with Gasteiger partial charge in [-0.3, -0.25) is 9.59 Å². The molecule has 2 saturated heterocycles. The molecule has 2 atom stereocenters. The molecule has 3 aliphatic rings.